The molecule has 176 valence electrons. The van der Waals surface area contributed by atoms with Crippen LogP contribution in [0.5, 0.6) is 5.75 Å². The van der Waals surface area contributed by atoms with Crippen LogP contribution in [0, 0.1) is 0 Å². The van der Waals surface area contributed by atoms with E-state index in [9.17, 15) is 4.79 Å². The quantitative estimate of drug-likeness (QED) is 0.432. The number of amides is 1. The second-order valence-corrected chi connectivity index (χ2v) is 8.72. The average Bonchev–Trinajstić information content (AvgIpc) is 3.45. The molecule has 11 heteroatoms. The molecule has 3 heterocycles. The van der Waals surface area contributed by atoms with Gasteiger partial charge in [-0.1, -0.05) is 23.9 Å². The number of rotatable bonds is 10. The monoisotopic (exact) mass is 470 g/mol. The molecule has 0 bridgehead atoms. The zero-order chi connectivity index (χ0) is 23.2. The van der Waals surface area contributed by atoms with Gasteiger partial charge in [-0.05, 0) is 50.8 Å². The molecular formula is C22H30N8O2S. The van der Waals surface area contributed by atoms with Crippen molar-refractivity contribution in [2.24, 2.45) is 0 Å². The lowest BCUT2D eigenvalue weighted by atomic mass is 10.0. The molecule has 2 N–H and O–H groups in total. The van der Waals surface area contributed by atoms with Gasteiger partial charge in [0, 0.05) is 25.7 Å². The fraction of sp³-hybridized carbons (Fsp3) is 0.500. The minimum atomic E-state index is 0.109. The summed E-state index contributed by atoms with van der Waals surface area (Å²) in [7, 11) is 1.67. The van der Waals surface area contributed by atoms with Crippen molar-refractivity contribution in [1.29, 1.82) is 0 Å². The van der Waals surface area contributed by atoms with Gasteiger partial charge in [0.1, 0.15) is 5.75 Å². The van der Waals surface area contributed by atoms with Gasteiger partial charge in [0.2, 0.25) is 17.8 Å². The molecule has 1 aromatic carbocycles. The van der Waals surface area contributed by atoms with E-state index in [1.165, 1.54) is 17.3 Å². The fourth-order valence-corrected chi connectivity index (χ4v) is 4.87. The van der Waals surface area contributed by atoms with Crippen LogP contribution in [0.15, 0.2) is 29.4 Å². The zero-order valence-electron chi connectivity index (χ0n) is 19.2. The smallest absolute Gasteiger partial charge is 0.261 e. The van der Waals surface area contributed by atoms with Crippen LogP contribution in [0.2, 0.25) is 0 Å². The number of benzene rings is 1. The molecule has 3 aromatic rings. The van der Waals surface area contributed by atoms with Gasteiger partial charge in [-0.3, -0.25) is 4.79 Å². The number of thioether (sulfide) groups is 1. The van der Waals surface area contributed by atoms with Crippen molar-refractivity contribution in [2.75, 3.05) is 43.1 Å². The second kappa shape index (κ2) is 10.7. The molecule has 1 unspecified atom stereocenters. The molecule has 4 rings (SSSR count). The van der Waals surface area contributed by atoms with E-state index in [1.807, 2.05) is 36.9 Å². The van der Waals surface area contributed by atoms with Gasteiger partial charge in [0.15, 0.2) is 5.16 Å². The highest BCUT2D eigenvalue weighted by Gasteiger charge is 2.29. The molecule has 1 fully saturated rings. The van der Waals surface area contributed by atoms with E-state index in [2.05, 4.69) is 36.9 Å². The third-order valence-corrected chi connectivity index (χ3v) is 6.46. The summed E-state index contributed by atoms with van der Waals surface area (Å²) in [5, 5.41) is 15.4. The lowest BCUT2D eigenvalue weighted by Crippen LogP contribution is -2.38. The summed E-state index contributed by atoms with van der Waals surface area (Å²) in [6.07, 6.45) is 2.85. The normalized spacial score (nSPS) is 15.7. The summed E-state index contributed by atoms with van der Waals surface area (Å²) >= 11 is 1.36. The minimum absolute atomic E-state index is 0.109. The van der Waals surface area contributed by atoms with Gasteiger partial charge in [-0.25, -0.2) is 4.40 Å². The van der Waals surface area contributed by atoms with Crippen LogP contribution in [0.4, 0.5) is 11.9 Å². The molecule has 1 saturated heterocycles. The third kappa shape index (κ3) is 5.29. The summed E-state index contributed by atoms with van der Waals surface area (Å²) in [4.78, 5) is 24.1. The van der Waals surface area contributed by atoms with Crippen LogP contribution in [0.3, 0.4) is 0 Å². The van der Waals surface area contributed by atoms with E-state index in [0.29, 0.717) is 35.9 Å². The predicted octanol–water partition coefficient (Wildman–Crippen LogP) is 2.72. The molecule has 0 radical (unpaired) electrons. The number of methoxy groups -OCH3 is 1. The van der Waals surface area contributed by atoms with Crippen molar-refractivity contribution in [2.45, 2.75) is 44.3 Å². The topological polar surface area (TPSA) is 110 Å². The van der Waals surface area contributed by atoms with E-state index >= 15 is 0 Å². The standard InChI is InChI=1S/C22H30N8O2S/c1-4-23-19-25-20(24-5-2)30-21(26-19)27-28-22(30)33-14-18(31)29-11-7-9-16(29)12-15-8-6-10-17(13-15)32-3/h6,8,10,13,16H,4-5,7,9,11-12,14H2,1-3H3,(H2,23,24,25,26,27). The van der Waals surface area contributed by atoms with Gasteiger partial charge in [-0.15, -0.1) is 10.2 Å². The van der Waals surface area contributed by atoms with Crippen molar-refractivity contribution in [3.05, 3.63) is 29.8 Å². The molecule has 1 aliphatic rings. The van der Waals surface area contributed by atoms with Gasteiger partial charge < -0.3 is 20.3 Å². The Hall–Kier alpha value is -3.08. The number of carbonyl (C=O) groups is 1. The highest BCUT2D eigenvalue weighted by atomic mass is 32.2. The molecule has 0 aliphatic carbocycles. The molecular weight excluding hydrogens is 440 g/mol. The first-order valence-electron chi connectivity index (χ1n) is 11.3. The zero-order valence-corrected chi connectivity index (χ0v) is 20.1. The number of nitrogens with zero attached hydrogens (tertiary/aromatic N) is 6. The maximum atomic E-state index is 13.1. The lowest BCUT2D eigenvalue weighted by molar-refractivity contribution is -0.129. The number of ether oxygens (including phenoxy) is 1. The maximum absolute atomic E-state index is 13.1. The van der Waals surface area contributed by atoms with Gasteiger partial charge >= 0.3 is 0 Å². The largest absolute Gasteiger partial charge is 0.497 e. The Bertz CT molecular complexity index is 1110. The lowest BCUT2D eigenvalue weighted by Gasteiger charge is -2.25. The van der Waals surface area contributed by atoms with Crippen LogP contribution in [0.1, 0.15) is 32.3 Å². The number of anilines is 2. The van der Waals surface area contributed by atoms with Crippen molar-refractivity contribution < 1.29 is 9.53 Å². The summed E-state index contributed by atoms with van der Waals surface area (Å²) in [6, 6.07) is 8.26. The average molecular weight is 471 g/mol. The first-order valence-corrected chi connectivity index (χ1v) is 12.3. The number of hydrogen-bond donors (Lipinski definition) is 2. The number of nitrogens with one attached hydrogen (secondary N) is 2. The number of hydrogen-bond acceptors (Lipinski definition) is 9. The Kier molecular flexibility index (Phi) is 7.48. The van der Waals surface area contributed by atoms with E-state index in [-0.39, 0.29) is 17.7 Å². The van der Waals surface area contributed by atoms with Gasteiger partial charge in [-0.2, -0.15) is 9.97 Å². The first-order chi connectivity index (χ1) is 16.1. The fourth-order valence-electron chi connectivity index (χ4n) is 4.05. The second-order valence-electron chi connectivity index (χ2n) is 7.78. The Labute approximate surface area is 197 Å². The first kappa shape index (κ1) is 23.1. The molecule has 2 aromatic heterocycles. The van der Waals surface area contributed by atoms with Crippen LogP contribution in [0.25, 0.3) is 5.78 Å². The van der Waals surface area contributed by atoms with Crippen LogP contribution in [-0.4, -0.2) is 73.9 Å². The minimum Gasteiger partial charge on any atom is -0.497 e. The number of fused-ring (bicyclic) bond motifs is 1. The molecule has 1 aliphatic heterocycles. The molecule has 1 atom stereocenters. The molecule has 0 spiro atoms. The summed E-state index contributed by atoms with van der Waals surface area (Å²) in [5.41, 5.74) is 1.18. The Balaban J connectivity index is 1.45. The Morgan fingerprint density at radius 3 is 2.85 bits per heavy atom. The van der Waals surface area contributed by atoms with E-state index in [0.717, 1.165) is 31.6 Å². The van der Waals surface area contributed by atoms with Crippen molar-refractivity contribution in [1.82, 2.24) is 29.5 Å². The SMILES string of the molecule is CCNc1nc(NCC)n2c(SCC(=O)N3CCCC3Cc3cccc(OC)c3)nnc2n1. The van der Waals surface area contributed by atoms with Crippen molar-refractivity contribution in [3.63, 3.8) is 0 Å². The Morgan fingerprint density at radius 2 is 2.06 bits per heavy atom. The summed E-state index contributed by atoms with van der Waals surface area (Å²) < 4.78 is 7.10. The van der Waals surface area contributed by atoms with Gasteiger partial charge in [0.05, 0.1) is 12.9 Å². The van der Waals surface area contributed by atoms with E-state index in [4.69, 9.17) is 4.74 Å². The number of likely N-dealkylation sites (tertiary alicyclic amines) is 1. The third-order valence-electron chi connectivity index (χ3n) is 5.54. The van der Waals surface area contributed by atoms with Crippen LogP contribution < -0.4 is 15.4 Å². The maximum Gasteiger partial charge on any atom is 0.261 e. The van der Waals surface area contributed by atoms with Crippen molar-refractivity contribution in [3.8, 4) is 5.75 Å². The summed E-state index contributed by atoms with van der Waals surface area (Å²) in [6.45, 7) is 6.16. The molecule has 1 amide bonds. The highest BCUT2D eigenvalue weighted by molar-refractivity contribution is 7.99. The van der Waals surface area contributed by atoms with Crippen LogP contribution >= 0.6 is 11.8 Å². The molecule has 10 nitrogen and oxygen atoms in total. The molecule has 0 saturated carbocycles. The van der Waals surface area contributed by atoms with Crippen molar-refractivity contribution >= 4 is 35.3 Å². The Morgan fingerprint density at radius 1 is 1.21 bits per heavy atom. The van der Waals surface area contributed by atoms with Crippen LogP contribution in [-0.2, 0) is 11.2 Å². The number of aromatic nitrogens is 5. The molecule has 33 heavy (non-hydrogen) atoms. The highest BCUT2D eigenvalue weighted by Crippen LogP contribution is 2.26. The van der Waals surface area contributed by atoms with E-state index in [1.54, 1.807) is 11.5 Å². The van der Waals surface area contributed by atoms with Gasteiger partial charge in [0.25, 0.3) is 5.78 Å². The predicted molar refractivity (Wildman–Crippen MR) is 129 cm³/mol. The summed E-state index contributed by atoms with van der Waals surface area (Å²) in [5.74, 6) is 2.79. The van der Waals surface area contributed by atoms with E-state index < -0.39 is 0 Å². The number of carbonyl (C=O) groups excluding carboxylic acids is 1.